The molecule has 0 fully saturated rings. The lowest BCUT2D eigenvalue weighted by Gasteiger charge is -2.05. The lowest BCUT2D eigenvalue weighted by Crippen LogP contribution is -1.93. The molecular weight excluding hydrogens is 327 g/mol. The highest BCUT2D eigenvalue weighted by Crippen LogP contribution is 2.31. The zero-order valence-corrected chi connectivity index (χ0v) is 12.5. The van der Waals surface area contributed by atoms with Gasteiger partial charge in [0.15, 0.2) is 5.13 Å². The van der Waals surface area contributed by atoms with E-state index in [1.807, 2.05) is 25.1 Å². The van der Waals surface area contributed by atoms with Crippen LogP contribution in [-0.2, 0) is 0 Å². The number of rotatable bonds is 2. The van der Waals surface area contributed by atoms with Crippen molar-refractivity contribution in [1.82, 2.24) is 4.98 Å². The molecule has 0 bridgehead atoms. The number of thiazole rings is 1. The Morgan fingerprint density at radius 2 is 2.05 bits per heavy atom. The van der Waals surface area contributed by atoms with Crippen molar-refractivity contribution in [2.24, 2.45) is 0 Å². The molecule has 0 unspecified atom stereocenters. The van der Waals surface area contributed by atoms with Crippen LogP contribution in [0.3, 0.4) is 0 Å². The van der Waals surface area contributed by atoms with Gasteiger partial charge in [-0.25, -0.2) is 9.37 Å². The van der Waals surface area contributed by atoms with Gasteiger partial charge in [-0.2, -0.15) is 0 Å². The summed E-state index contributed by atoms with van der Waals surface area (Å²) in [6, 6.07) is 10.6. The van der Waals surface area contributed by atoms with E-state index in [1.54, 1.807) is 17.4 Å². The molecule has 0 atom stereocenters. The highest BCUT2D eigenvalue weighted by atomic mass is 79.9. The van der Waals surface area contributed by atoms with Crippen LogP contribution in [0.5, 0.6) is 0 Å². The zero-order valence-electron chi connectivity index (χ0n) is 10.1. The number of anilines is 2. The van der Waals surface area contributed by atoms with Crippen LogP contribution in [0.15, 0.2) is 40.9 Å². The summed E-state index contributed by atoms with van der Waals surface area (Å²) in [6.45, 7) is 1.94. The van der Waals surface area contributed by atoms with Crippen LogP contribution in [0.4, 0.5) is 15.2 Å². The molecule has 19 heavy (non-hydrogen) atoms. The second-order valence-corrected chi connectivity index (χ2v) is 6.16. The Morgan fingerprint density at radius 3 is 2.89 bits per heavy atom. The minimum absolute atomic E-state index is 0.253. The predicted molar refractivity (Wildman–Crippen MR) is 81.7 cm³/mol. The van der Waals surface area contributed by atoms with Crippen molar-refractivity contribution in [2.75, 3.05) is 5.32 Å². The van der Waals surface area contributed by atoms with Crippen molar-refractivity contribution in [1.29, 1.82) is 0 Å². The minimum atomic E-state index is -0.253. The summed E-state index contributed by atoms with van der Waals surface area (Å²) in [5.41, 5.74) is 2.67. The van der Waals surface area contributed by atoms with E-state index in [4.69, 9.17) is 0 Å². The topological polar surface area (TPSA) is 24.9 Å². The second kappa shape index (κ2) is 4.90. The van der Waals surface area contributed by atoms with Crippen LogP contribution in [0.2, 0.25) is 0 Å². The number of hydrogen-bond acceptors (Lipinski definition) is 3. The maximum atomic E-state index is 13.2. The highest BCUT2D eigenvalue weighted by Gasteiger charge is 2.06. The Hall–Kier alpha value is -1.46. The van der Waals surface area contributed by atoms with Crippen LogP contribution in [0.25, 0.3) is 10.2 Å². The molecule has 1 aromatic heterocycles. The average Bonchev–Trinajstić information content (AvgIpc) is 2.75. The van der Waals surface area contributed by atoms with Gasteiger partial charge in [0.05, 0.1) is 10.2 Å². The third kappa shape index (κ3) is 2.62. The third-order valence-corrected chi connectivity index (χ3v) is 4.22. The molecule has 2 nitrogen and oxygen atoms in total. The van der Waals surface area contributed by atoms with Crippen molar-refractivity contribution in [3.8, 4) is 0 Å². The van der Waals surface area contributed by atoms with Crippen LogP contribution in [-0.4, -0.2) is 4.98 Å². The Labute approximate surface area is 122 Å². The van der Waals surface area contributed by atoms with Gasteiger partial charge in [0.1, 0.15) is 5.82 Å². The fourth-order valence-corrected chi connectivity index (χ4v) is 3.23. The summed E-state index contributed by atoms with van der Waals surface area (Å²) >= 11 is 4.98. The molecule has 0 spiro atoms. The van der Waals surface area contributed by atoms with Gasteiger partial charge in [0.25, 0.3) is 0 Å². The van der Waals surface area contributed by atoms with Crippen LogP contribution < -0.4 is 5.32 Å². The fraction of sp³-hybridized carbons (Fsp3) is 0.0714. The number of nitrogens with zero attached hydrogens (tertiary/aromatic N) is 1. The first-order valence-electron chi connectivity index (χ1n) is 5.71. The molecule has 0 aliphatic carbocycles. The number of aryl methyl sites for hydroxylation is 1. The zero-order chi connectivity index (χ0) is 13.4. The largest absolute Gasteiger partial charge is 0.331 e. The summed E-state index contributed by atoms with van der Waals surface area (Å²) in [4.78, 5) is 4.48. The van der Waals surface area contributed by atoms with Crippen LogP contribution in [0.1, 0.15) is 5.56 Å². The Kier molecular flexibility index (Phi) is 3.24. The van der Waals surface area contributed by atoms with Gasteiger partial charge in [-0.15, -0.1) is 0 Å². The Bertz CT molecular complexity index is 754. The van der Waals surface area contributed by atoms with E-state index in [9.17, 15) is 4.39 Å². The third-order valence-electron chi connectivity index (χ3n) is 2.79. The second-order valence-electron chi connectivity index (χ2n) is 4.22. The standard InChI is InChI=1S/C14H10BrFN2S/c1-8-2-4-10(16)7-12(8)18-14-17-11-5-3-9(15)6-13(11)19-14/h2-7H,1H3,(H,17,18). The first-order chi connectivity index (χ1) is 9.11. The van der Waals surface area contributed by atoms with E-state index in [1.165, 1.54) is 12.1 Å². The van der Waals surface area contributed by atoms with Crippen molar-refractivity contribution in [2.45, 2.75) is 6.92 Å². The first-order valence-corrected chi connectivity index (χ1v) is 7.32. The summed E-state index contributed by atoms with van der Waals surface area (Å²) in [5.74, 6) is -0.253. The van der Waals surface area contributed by atoms with E-state index in [-0.39, 0.29) is 5.82 Å². The summed E-state index contributed by atoms with van der Waals surface area (Å²) in [6.07, 6.45) is 0. The predicted octanol–water partition coefficient (Wildman–Crippen LogP) is 5.25. The Morgan fingerprint density at radius 1 is 1.21 bits per heavy atom. The number of halogens is 2. The summed E-state index contributed by atoms with van der Waals surface area (Å²) in [5, 5.41) is 3.94. The number of fused-ring (bicyclic) bond motifs is 1. The minimum Gasteiger partial charge on any atom is -0.331 e. The van der Waals surface area contributed by atoms with E-state index >= 15 is 0 Å². The van der Waals surface area contributed by atoms with Gasteiger partial charge < -0.3 is 5.32 Å². The number of aromatic nitrogens is 1. The summed E-state index contributed by atoms with van der Waals surface area (Å²) < 4.78 is 15.4. The molecule has 0 saturated heterocycles. The van der Waals surface area contributed by atoms with Crippen molar-refractivity contribution >= 4 is 48.3 Å². The number of hydrogen-bond donors (Lipinski definition) is 1. The van der Waals surface area contributed by atoms with E-state index in [0.717, 1.165) is 31.1 Å². The molecule has 0 saturated carbocycles. The highest BCUT2D eigenvalue weighted by molar-refractivity contribution is 9.10. The molecule has 0 aliphatic rings. The van der Waals surface area contributed by atoms with E-state index in [2.05, 4.69) is 26.2 Å². The molecular formula is C14H10BrFN2S. The average molecular weight is 337 g/mol. The number of benzene rings is 2. The molecule has 0 amide bonds. The maximum absolute atomic E-state index is 13.2. The van der Waals surface area contributed by atoms with Gasteiger partial charge in [-0.3, -0.25) is 0 Å². The molecule has 1 N–H and O–H groups in total. The van der Waals surface area contributed by atoms with Gasteiger partial charge >= 0.3 is 0 Å². The lowest BCUT2D eigenvalue weighted by molar-refractivity contribution is 0.628. The molecule has 0 aliphatic heterocycles. The summed E-state index contributed by atoms with van der Waals surface area (Å²) in [7, 11) is 0. The van der Waals surface area contributed by atoms with Gasteiger partial charge in [-0.1, -0.05) is 33.3 Å². The normalized spacial score (nSPS) is 10.9. The van der Waals surface area contributed by atoms with Gasteiger partial charge in [0.2, 0.25) is 0 Å². The van der Waals surface area contributed by atoms with E-state index < -0.39 is 0 Å². The Balaban J connectivity index is 1.98. The maximum Gasteiger partial charge on any atom is 0.188 e. The number of nitrogens with one attached hydrogen (secondary N) is 1. The quantitative estimate of drug-likeness (QED) is 0.691. The van der Waals surface area contributed by atoms with E-state index in [0.29, 0.717) is 0 Å². The molecule has 3 rings (SSSR count). The van der Waals surface area contributed by atoms with Crippen molar-refractivity contribution in [3.05, 3.63) is 52.3 Å². The smallest absolute Gasteiger partial charge is 0.188 e. The molecule has 3 aromatic rings. The monoisotopic (exact) mass is 336 g/mol. The van der Waals surface area contributed by atoms with Gasteiger partial charge in [-0.05, 0) is 42.8 Å². The van der Waals surface area contributed by atoms with Crippen molar-refractivity contribution < 1.29 is 4.39 Å². The van der Waals surface area contributed by atoms with Crippen LogP contribution in [0, 0.1) is 12.7 Å². The SMILES string of the molecule is Cc1ccc(F)cc1Nc1nc2ccc(Br)cc2s1. The molecule has 5 heteroatoms. The van der Waals surface area contributed by atoms with Crippen molar-refractivity contribution in [3.63, 3.8) is 0 Å². The van der Waals surface area contributed by atoms with Crippen LogP contribution >= 0.6 is 27.3 Å². The fourth-order valence-electron chi connectivity index (χ4n) is 1.80. The lowest BCUT2D eigenvalue weighted by atomic mass is 10.2. The van der Waals surface area contributed by atoms with Gasteiger partial charge in [0, 0.05) is 10.2 Å². The molecule has 2 aromatic carbocycles. The molecule has 0 radical (unpaired) electrons. The first kappa shape index (κ1) is 12.6. The molecule has 1 heterocycles. The molecule has 96 valence electrons.